The zero-order chi connectivity index (χ0) is 32.3. The van der Waals surface area contributed by atoms with E-state index in [1.54, 1.807) is 11.7 Å². The van der Waals surface area contributed by atoms with Crippen molar-refractivity contribution < 1.29 is 14.3 Å². The Morgan fingerprint density at radius 2 is 1.62 bits per heavy atom. The van der Waals surface area contributed by atoms with E-state index in [9.17, 15) is 9.59 Å². The molecule has 1 aliphatic rings. The molecule has 0 fully saturated rings. The number of thiazole rings is 1. The summed E-state index contributed by atoms with van der Waals surface area (Å²) in [6.45, 7) is 2.20. The fraction of sp³-hybridized carbons (Fsp3) is 0.103. The van der Waals surface area contributed by atoms with Gasteiger partial charge in [-0.3, -0.25) is 14.2 Å². The van der Waals surface area contributed by atoms with Gasteiger partial charge in [-0.1, -0.05) is 108 Å². The molecule has 0 aliphatic carbocycles. The normalized spacial score (nSPS) is 14.4. The van der Waals surface area contributed by atoms with Gasteiger partial charge in [-0.15, -0.1) is 0 Å². The number of rotatable bonds is 8. The Morgan fingerprint density at radius 1 is 0.894 bits per heavy atom. The third-order valence-electron chi connectivity index (χ3n) is 8.16. The summed E-state index contributed by atoms with van der Waals surface area (Å²) in [7, 11) is 1.60. The number of nitrogens with zero attached hydrogens (tertiary/aromatic N) is 2. The minimum Gasteiger partial charge on any atom is -0.493 e. The van der Waals surface area contributed by atoms with E-state index < -0.39 is 6.04 Å². The number of fused-ring (bicyclic) bond motifs is 2. The lowest BCUT2D eigenvalue weighted by molar-refractivity contribution is -0.113. The van der Waals surface area contributed by atoms with E-state index in [1.807, 2.05) is 110 Å². The maximum atomic E-state index is 14.1. The number of para-hydroxylation sites is 1. The third-order valence-corrected chi connectivity index (χ3v) is 9.14. The van der Waals surface area contributed by atoms with Crippen molar-refractivity contribution in [2.75, 3.05) is 12.4 Å². The van der Waals surface area contributed by atoms with Crippen LogP contribution in [0.4, 0.5) is 5.69 Å². The molecule has 8 heteroatoms. The van der Waals surface area contributed by atoms with Gasteiger partial charge in [0.2, 0.25) is 0 Å². The SMILES string of the molecule is COc1cc(/C=c2\sc3n(c2=O)[C@@H](c2ccccc2)C(C(=O)Nc2ccccc2)=C(C)N=3)ccc1OCc1cccc2ccccc12. The highest BCUT2D eigenvalue weighted by atomic mass is 32.1. The molecule has 0 saturated carbocycles. The van der Waals surface area contributed by atoms with Gasteiger partial charge in [0.25, 0.3) is 11.5 Å². The lowest BCUT2D eigenvalue weighted by atomic mass is 9.95. The van der Waals surface area contributed by atoms with Crippen molar-refractivity contribution >= 4 is 39.8 Å². The van der Waals surface area contributed by atoms with Crippen molar-refractivity contribution in [3.05, 3.63) is 169 Å². The molecule has 5 aromatic carbocycles. The largest absolute Gasteiger partial charge is 0.493 e. The van der Waals surface area contributed by atoms with E-state index in [0.29, 0.717) is 44.4 Å². The van der Waals surface area contributed by atoms with Crippen molar-refractivity contribution in [1.29, 1.82) is 0 Å². The van der Waals surface area contributed by atoms with Crippen LogP contribution >= 0.6 is 11.3 Å². The van der Waals surface area contributed by atoms with Crippen LogP contribution in [0.15, 0.2) is 142 Å². The number of carbonyl (C=O) groups is 1. The number of aromatic nitrogens is 1. The summed E-state index contributed by atoms with van der Waals surface area (Å²) in [5.74, 6) is 0.863. The second kappa shape index (κ2) is 12.9. The smallest absolute Gasteiger partial charge is 0.271 e. The van der Waals surface area contributed by atoms with Crippen LogP contribution in [-0.2, 0) is 11.4 Å². The molecule has 7 rings (SSSR count). The Morgan fingerprint density at radius 3 is 2.40 bits per heavy atom. The minimum absolute atomic E-state index is 0.227. The summed E-state index contributed by atoms with van der Waals surface area (Å²) < 4.78 is 14.0. The van der Waals surface area contributed by atoms with Gasteiger partial charge in [-0.05, 0) is 64.7 Å². The number of hydrogen-bond donors (Lipinski definition) is 1. The number of anilines is 1. The molecule has 0 unspecified atom stereocenters. The summed E-state index contributed by atoms with van der Waals surface area (Å²) in [6, 6.07) is 38.2. The summed E-state index contributed by atoms with van der Waals surface area (Å²) >= 11 is 1.29. The quantitative estimate of drug-likeness (QED) is 0.204. The lowest BCUT2D eigenvalue weighted by Crippen LogP contribution is -2.40. The lowest BCUT2D eigenvalue weighted by Gasteiger charge is -2.25. The molecule has 0 saturated heterocycles. The monoisotopic (exact) mass is 637 g/mol. The first kappa shape index (κ1) is 30.0. The molecular formula is C39H31N3O4S. The predicted octanol–water partition coefficient (Wildman–Crippen LogP) is 6.61. The van der Waals surface area contributed by atoms with Gasteiger partial charge >= 0.3 is 0 Å². The number of nitrogens with one attached hydrogen (secondary N) is 1. The van der Waals surface area contributed by atoms with Gasteiger partial charge in [-0.2, -0.15) is 0 Å². The maximum absolute atomic E-state index is 14.1. The molecule has 1 atom stereocenters. The number of hydrogen-bond acceptors (Lipinski definition) is 6. The Bertz CT molecular complexity index is 2320. The number of methoxy groups -OCH3 is 1. The molecule has 0 bridgehead atoms. The van der Waals surface area contributed by atoms with Gasteiger partial charge in [0.15, 0.2) is 16.3 Å². The standard InChI is InChI=1S/C39H31N3O4S/c1-25-35(37(43)41-30-17-7-4-8-18-30)36(28-13-5-3-6-14-28)42-38(44)34(47-39(42)40-25)23-26-20-21-32(33(22-26)45-2)46-24-29-16-11-15-27-12-9-10-19-31(27)29/h3-23,36H,24H2,1-2H3,(H,41,43)/b34-23-/t36-/m0/s1. The van der Waals surface area contributed by atoms with E-state index in [4.69, 9.17) is 14.5 Å². The second-order valence-corrected chi connectivity index (χ2v) is 12.2. The van der Waals surface area contributed by atoms with Crippen LogP contribution < -0.4 is 29.7 Å². The molecule has 6 aromatic rings. The zero-order valence-corrected chi connectivity index (χ0v) is 26.7. The first-order valence-corrected chi connectivity index (χ1v) is 16.0. The number of amides is 1. The van der Waals surface area contributed by atoms with Crippen molar-refractivity contribution in [1.82, 2.24) is 4.57 Å². The first-order valence-electron chi connectivity index (χ1n) is 15.2. The van der Waals surface area contributed by atoms with Gasteiger partial charge in [-0.25, -0.2) is 4.99 Å². The Balaban J connectivity index is 1.23. The molecule has 1 aromatic heterocycles. The van der Waals surface area contributed by atoms with Gasteiger partial charge < -0.3 is 14.8 Å². The van der Waals surface area contributed by atoms with Crippen LogP contribution in [0, 0.1) is 0 Å². The van der Waals surface area contributed by atoms with E-state index >= 15 is 0 Å². The van der Waals surface area contributed by atoms with Gasteiger partial charge in [0, 0.05) is 5.69 Å². The molecular weight excluding hydrogens is 607 g/mol. The van der Waals surface area contributed by atoms with Crippen LogP contribution in [-0.4, -0.2) is 17.6 Å². The maximum Gasteiger partial charge on any atom is 0.271 e. The van der Waals surface area contributed by atoms with Crippen LogP contribution in [0.3, 0.4) is 0 Å². The van der Waals surface area contributed by atoms with Crippen LogP contribution in [0.1, 0.15) is 29.7 Å². The topological polar surface area (TPSA) is 81.9 Å². The zero-order valence-electron chi connectivity index (χ0n) is 25.8. The molecule has 2 heterocycles. The summed E-state index contributed by atoms with van der Waals surface area (Å²) in [5, 5.41) is 5.29. The number of ether oxygens (including phenoxy) is 2. The summed E-state index contributed by atoms with van der Waals surface area (Å²) in [5.41, 5.74) is 4.11. The van der Waals surface area contributed by atoms with E-state index in [-0.39, 0.29) is 11.5 Å². The van der Waals surface area contributed by atoms with E-state index in [1.165, 1.54) is 11.3 Å². The van der Waals surface area contributed by atoms with Crippen LogP contribution in [0.5, 0.6) is 11.5 Å². The van der Waals surface area contributed by atoms with Crippen molar-refractivity contribution in [3.8, 4) is 11.5 Å². The van der Waals surface area contributed by atoms with Crippen molar-refractivity contribution in [3.63, 3.8) is 0 Å². The average molecular weight is 638 g/mol. The molecule has 0 spiro atoms. The third kappa shape index (κ3) is 5.98. The van der Waals surface area contributed by atoms with E-state index in [0.717, 1.165) is 27.5 Å². The molecule has 1 amide bonds. The van der Waals surface area contributed by atoms with Crippen LogP contribution in [0.2, 0.25) is 0 Å². The number of carbonyl (C=O) groups excluding carboxylic acids is 1. The fourth-order valence-corrected chi connectivity index (χ4v) is 6.95. The molecule has 1 aliphatic heterocycles. The fourth-order valence-electron chi connectivity index (χ4n) is 5.90. The van der Waals surface area contributed by atoms with Crippen LogP contribution in [0.25, 0.3) is 16.8 Å². The Kier molecular flexibility index (Phi) is 8.25. The van der Waals surface area contributed by atoms with Crippen molar-refractivity contribution in [2.24, 2.45) is 4.99 Å². The van der Waals surface area contributed by atoms with Gasteiger partial charge in [0.1, 0.15) is 6.61 Å². The highest BCUT2D eigenvalue weighted by molar-refractivity contribution is 7.07. The highest BCUT2D eigenvalue weighted by Gasteiger charge is 2.32. The molecule has 1 N–H and O–H groups in total. The predicted molar refractivity (Wildman–Crippen MR) is 187 cm³/mol. The second-order valence-electron chi connectivity index (χ2n) is 11.1. The number of allylic oxidation sites excluding steroid dienone is 1. The average Bonchev–Trinajstić information content (AvgIpc) is 3.41. The van der Waals surface area contributed by atoms with Gasteiger partial charge in [0.05, 0.1) is 29.0 Å². The highest BCUT2D eigenvalue weighted by Crippen LogP contribution is 2.32. The Hall–Kier alpha value is -5.73. The molecule has 0 radical (unpaired) electrons. The molecule has 232 valence electrons. The summed E-state index contributed by atoms with van der Waals surface area (Å²) in [4.78, 5) is 33.1. The minimum atomic E-state index is -0.641. The number of benzene rings is 5. The Labute approximate surface area is 275 Å². The molecule has 47 heavy (non-hydrogen) atoms. The van der Waals surface area contributed by atoms with E-state index in [2.05, 4.69) is 29.6 Å². The molecule has 7 nitrogen and oxygen atoms in total. The summed E-state index contributed by atoms with van der Waals surface area (Å²) in [6.07, 6.45) is 1.83. The van der Waals surface area contributed by atoms with Crippen molar-refractivity contribution in [2.45, 2.75) is 19.6 Å². The first-order chi connectivity index (χ1) is 23.0.